The summed E-state index contributed by atoms with van der Waals surface area (Å²) in [4.78, 5) is 3.94. The molecule has 0 unspecified atom stereocenters. The average Bonchev–Trinajstić information content (AvgIpc) is 3.04. The topological polar surface area (TPSA) is 82.8 Å². The van der Waals surface area contributed by atoms with E-state index in [1.54, 1.807) is 12.7 Å². The first-order valence-corrected chi connectivity index (χ1v) is 7.30. The highest BCUT2D eigenvalue weighted by Crippen LogP contribution is 2.31. The second kappa shape index (κ2) is 6.30. The third-order valence-corrected chi connectivity index (χ3v) is 3.67. The van der Waals surface area contributed by atoms with E-state index in [1.807, 2.05) is 47.1 Å². The maximum Gasteiger partial charge on any atom is 0.137 e. The van der Waals surface area contributed by atoms with Gasteiger partial charge >= 0.3 is 0 Å². The van der Waals surface area contributed by atoms with E-state index < -0.39 is 0 Å². The molecule has 5 heteroatoms. The van der Waals surface area contributed by atoms with Crippen molar-refractivity contribution in [1.82, 2.24) is 14.8 Å². The molecule has 0 aliphatic heterocycles. The van der Waals surface area contributed by atoms with Crippen LogP contribution in [-0.2, 0) is 13.0 Å². The minimum absolute atomic E-state index is 0.740. The molecule has 1 aromatic heterocycles. The molecule has 2 aromatic carbocycles. The molecule has 3 aromatic rings. The fourth-order valence-electron chi connectivity index (χ4n) is 2.58. The maximum absolute atomic E-state index is 6.35. The molecule has 112 valence electrons. The van der Waals surface area contributed by atoms with Crippen molar-refractivity contribution in [1.29, 1.82) is 0 Å². The molecule has 3 rings (SSSR count). The van der Waals surface area contributed by atoms with Gasteiger partial charge in [-0.05, 0) is 36.1 Å². The van der Waals surface area contributed by atoms with Gasteiger partial charge in [-0.15, -0.1) is 0 Å². The minimum atomic E-state index is 0.740. The van der Waals surface area contributed by atoms with Crippen molar-refractivity contribution in [3.8, 4) is 11.1 Å². The fraction of sp³-hybridized carbons (Fsp3) is 0.176. The molecule has 0 spiro atoms. The third-order valence-electron chi connectivity index (χ3n) is 3.67. The molecule has 0 amide bonds. The lowest BCUT2D eigenvalue weighted by Crippen LogP contribution is -2.03. The Morgan fingerprint density at radius 2 is 1.86 bits per heavy atom. The van der Waals surface area contributed by atoms with E-state index >= 15 is 0 Å². The molecule has 0 saturated heterocycles. The number of hydrogen-bond donors (Lipinski definition) is 2. The summed E-state index contributed by atoms with van der Waals surface area (Å²) in [6.07, 6.45) is 5.06. The van der Waals surface area contributed by atoms with E-state index in [4.69, 9.17) is 11.5 Å². The quantitative estimate of drug-likeness (QED) is 0.709. The van der Waals surface area contributed by atoms with Crippen LogP contribution < -0.4 is 11.5 Å². The van der Waals surface area contributed by atoms with Crippen molar-refractivity contribution in [2.45, 2.75) is 19.4 Å². The summed E-state index contributed by atoms with van der Waals surface area (Å²) in [6.45, 7) is 0.814. The van der Waals surface area contributed by atoms with Gasteiger partial charge in [0, 0.05) is 23.5 Å². The lowest BCUT2D eigenvalue weighted by atomic mass is 9.97. The molecule has 0 bridgehead atoms. The Kier molecular flexibility index (Phi) is 4.05. The number of benzene rings is 2. The van der Waals surface area contributed by atoms with Gasteiger partial charge in [-0.2, -0.15) is 5.10 Å². The fourth-order valence-corrected chi connectivity index (χ4v) is 2.58. The van der Waals surface area contributed by atoms with Gasteiger partial charge in [0.2, 0.25) is 0 Å². The summed E-state index contributed by atoms with van der Waals surface area (Å²) in [7, 11) is 0. The maximum atomic E-state index is 6.35. The predicted molar refractivity (Wildman–Crippen MR) is 89.0 cm³/mol. The van der Waals surface area contributed by atoms with E-state index in [1.165, 1.54) is 0 Å². The zero-order valence-electron chi connectivity index (χ0n) is 12.3. The number of aromatic nitrogens is 3. The van der Waals surface area contributed by atoms with Crippen LogP contribution in [0.4, 0.5) is 11.4 Å². The van der Waals surface area contributed by atoms with E-state index in [-0.39, 0.29) is 0 Å². The normalized spacial score (nSPS) is 10.7. The van der Waals surface area contributed by atoms with Gasteiger partial charge < -0.3 is 11.5 Å². The highest BCUT2D eigenvalue weighted by Gasteiger charge is 2.09. The molecule has 22 heavy (non-hydrogen) atoms. The minimum Gasteiger partial charge on any atom is -0.399 e. The van der Waals surface area contributed by atoms with Crippen LogP contribution in [-0.4, -0.2) is 14.8 Å². The van der Waals surface area contributed by atoms with E-state index in [0.717, 1.165) is 47.5 Å². The zero-order valence-corrected chi connectivity index (χ0v) is 12.3. The van der Waals surface area contributed by atoms with Crippen LogP contribution >= 0.6 is 0 Å². The van der Waals surface area contributed by atoms with Crippen molar-refractivity contribution in [3.05, 3.63) is 60.7 Å². The Bertz CT molecular complexity index is 735. The van der Waals surface area contributed by atoms with Crippen LogP contribution in [0, 0.1) is 0 Å². The summed E-state index contributed by atoms with van der Waals surface area (Å²) in [5.74, 6) is 0. The second-order valence-corrected chi connectivity index (χ2v) is 5.27. The number of nitrogen functional groups attached to an aromatic ring is 2. The average molecular weight is 293 g/mol. The van der Waals surface area contributed by atoms with Crippen molar-refractivity contribution in [2.24, 2.45) is 0 Å². The smallest absolute Gasteiger partial charge is 0.137 e. The highest BCUT2D eigenvalue weighted by atomic mass is 15.3. The highest BCUT2D eigenvalue weighted by molar-refractivity contribution is 5.81. The Hall–Kier alpha value is -2.82. The van der Waals surface area contributed by atoms with Gasteiger partial charge in [0.15, 0.2) is 0 Å². The lowest BCUT2D eigenvalue weighted by molar-refractivity contribution is 0.578. The number of anilines is 2. The van der Waals surface area contributed by atoms with Crippen molar-refractivity contribution in [3.63, 3.8) is 0 Å². The van der Waals surface area contributed by atoms with Crippen LogP contribution in [0.15, 0.2) is 55.1 Å². The number of aryl methyl sites for hydroxylation is 2. The van der Waals surface area contributed by atoms with Crippen molar-refractivity contribution < 1.29 is 0 Å². The summed E-state index contributed by atoms with van der Waals surface area (Å²) >= 11 is 0. The zero-order chi connectivity index (χ0) is 15.4. The van der Waals surface area contributed by atoms with Crippen molar-refractivity contribution in [2.75, 3.05) is 11.5 Å². The molecule has 0 fully saturated rings. The van der Waals surface area contributed by atoms with Crippen LogP contribution in [0.25, 0.3) is 11.1 Å². The molecule has 0 radical (unpaired) electrons. The molecular formula is C17H19N5. The Morgan fingerprint density at radius 3 is 2.59 bits per heavy atom. The Labute approximate surface area is 129 Å². The molecular weight excluding hydrogens is 274 g/mol. The van der Waals surface area contributed by atoms with Crippen LogP contribution in [0.1, 0.15) is 12.0 Å². The second-order valence-electron chi connectivity index (χ2n) is 5.27. The number of hydrogen-bond acceptors (Lipinski definition) is 4. The Morgan fingerprint density at radius 1 is 1.05 bits per heavy atom. The molecule has 1 heterocycles. The number of nitrogens with two attached hydrogens (primary N) is 2. The summed E-state index contributed by atoms with van der Waals surface area (Å²) in [5, 5.41) is 4.10. The summed E-state index contributed by atoms with van der Waals surface area (Å²) in [6, 6.07) is 14.0. The van der Waals surface area contributed by atoms with Gasteiger partial charge in [0.1, 0.15) is 12.7 Å². The van der Waals surface area contributed by atoms with Gasteiger partial charge in [0.25, 0.3) is 0 Å². The van der Waals surface area contributed by atoms with Crippen molar-refractivity contribution >= 4 is 11.4 Å². The Balaban J connectivity index is 1.81. The van der Waals surface area contributed by atoms with Gasteiger partial charge in [-0.25, -0.2) is 4.98 Å². The largest absolute Gasteiger partial charge is 0.399 e. The van der Waals surface area contributed by atoms with Gasteiger partial charge in [-0.1, -0.05) is 30.3 Å². The summed E-state index contributed by atoms with van der Waals surface area (Å²) < 4.78 is 1.82. The molecule has 5 nitrogen and oxygen atoms in total. The molecule has 0 aliphatic rings. The monoisotopic (exact) mass is 293 g/mol. The van der Waals surface area contributed by atoms with E-state index in [2.05, 4.69) is 10.1 Å². The van der Waals surface area contributed by atoms with Gasteiger partial charge in [-0.3, -0.25) is 4.68 Å². The first-order chi connectivity index (χ1) is 10.7. The third kappa shape index (κ3) is 3.09. The molecule has 4 N–H and O–H groups in total. The number of rotatable bonds is 5. The molecule has 0 atom stereocenters. The van der Waals surface area contributed by atoms with Crippen LogP contribution in [0.5, 0.6) is 0 Å². The van der Waals surface area contributed by atoms with Crippen LogP contribution in [0.2, 0.25) is 0 Å². The first kappa shape index (κ1) is 14.1. The molecule has 0 saturated carbocycles. The summed E-state index contributed by atoms with van der Waals surface area (Å²) in [5.41, 5.74) is 17.1. The SMILES string of the molecule is Nc1cc(CCCn2cncn2)c(N)c(-c2ccccc2)c1. The van der Waals surface area contributed by atoms with Crippen LogP contribution in [0.3, 0.4) is 0 Å². The van der Waals surface area contributed by atoms with E-state index in [0.29, 0.717) is 0 Å². The standard InChI is InChI=1S/C17H19N5/c18-15-9-14(7-4-8-22-12-20-11-21-22)17(19)16(10-15)13-5-2-1-3-6-13/h1-3,5-6,9-12H,4,7-8,18-19H2. The molecule has 0 aliphatic carbocycles. The number of nitrogens with zero attached hydrogens (tertiary/aromatic N) is 3. The lowest BCUT2D eigenvalue weighted by Gasteiger charge is -2.13. The van der Waals surface area contributed by atoms with Gasteiger partial charge in [0.05, 0.1) is 0 Å². The predicted octanol–water partition coefficient (Wildman–Crippen LogP) is 2.74. The first-order valence-electron chi connectivity index (χ1n) is 7.30. The van der Waals surface area contributed by atoms with E-state index in [9.17, 15) is 0 Å².